The molecule has 14 nitrogen and oxygen atoms in total. The fourth-order valence-electron chi connectivity index (χ4n) is 15.2. The Morgan fingerprint density at radius 1 is 0.454 bits per heavy atom. The van der Waals surface area contributed by atoms with Crippen molar-refractivity contribution in [3.8, 4) is 17.2 Å². The van der Waals surface area contributed by atoms with Crippen LogP contribution in [0.5, 0.6) is 17.2 Å². The summed E-state index contributed by atoms with van der Waals surface area (Å²) < 4.78 is 25.5. The zero-order valence-corrected chi connectivity index (χ0v) is 58.0. The van der Waals surface area contributed by atoms with Gasteiger partial charge in [-0.25, -0.2) is 4.79 Å². The second kappa shape index (κ2) is 32.6. The molecule has 7 aromatic rings. The molecular weight excluding hydrogens is 1210 g/mol. The average molecular weight is 1310 g/mol. The van der Waals surface area contributed by atoms with Crippen LogP contribution < -0.4 is 24.8 Å². The molecular formula is C83H100N6O8. The van der Waals surface area contributed by atoms with E-state index in [9.17, 15) is 19.2 Å². The maximum absolute atomic E-state index is 12.9. The molecule has 0 saturated carbocycles. The van der Waals surface area contributed by atoms with Crippen molar-refractivity contribution in [1.29, 1.82) is 0 Å². The highest BCUT2D eigenvalue weighted by Gasteiger charge is 2.44. The number of rotatable bonds is 14. The third-order valence-electron chi connectivity index (χ3n) is 20.8. The maximum atomic E-state index is 12.9. The molecule has 5 unspecified atom stereocenters. The minimum Gasteiger partial charge on any atom is -0.487 e. The molecule has 510 valence electrons. The maximum Gasteiger partial charge on any atom is 0.410 e. The lowest BCUT2D eigenvalue weighted by Gasteiger charge is -2.42. The molecule has 4 amide bonds. The number of likely N-dealkylation sites (tertiary alicyclic amines) is 1. The SMILES string of the molecule is CCN(CC)C(=O)c1ccc(C2=CC3(CCCN(C(=O)OCc4ccccc4)CC3)Oc3ccccc32)cc1.CCN(CC)C(=O)c1ccc(C2CC3(CCCNCC3)Oc3ccccc32)cc1.CCN(CC)C(=O)c1ccc(C2CC3(CCCNCC3)Oc3ccccc32)cc1. The van der Waals surface area contributed by atoms with E-state index < -0.39 is 5.60 Å². The second-order valence-electron chi connectivity index (χ2n) is 26.7. The number of hydrogen-bond acceptors (Lipinski definition) is 10. The number of fused-ring (bicyclic) bond motifs is 3. The zero-order valence-electron chi connectivity index (χ0n) is 58.0. The fourth-order valence-corrected chi connectivity index (χ4v) is 15.2. The third kappa shape index (κ3) is 16.5. The van der Waals surface area contributed by atoms with Crippen molar-refractivity contribution in [2.24, 2.45) is 0 Å². The molecule has 3 spiro atoms. The number of hydrogen-bond donors (Lipinski definition) is 2. The number of benzene rings is 7. The van der Waals surface area contributed by atoms with E-state index in [1.807, 2.05) is 153 Å². The molecule has 6 aliphatic heterocycles. The minimum absolute atomic E-state index is 0.0485. The highest BCUT2D eigenvalue weighted by Crippen LogP contribution is 2.50. The summed E-state index contributed by atoms with van der Waals surface area (Å²) in [5, 5.41) is 7.03. The van der Waals surface area contributed by atoms with Crippen LogP contribution in [0.3, 0.4) is 0 Å². The van der Waals surface area contributed by atoms with Gasteiger partial charge in [-0.1, -0.05) is 121 Å². The molecule has 7 aromatic carbocycles. The summed E-state index contributed by atoms with van der Waals surface area (Å²) in [6.07, 6.45) is 12.8. The van der Waals surface area contributed by atoms with Crippen molar-refractivity contribution in [3.63, 3.8) is 0 Å². The van der Waals surface area contributed by atoms with Crippen LogP contribution >= 0.6 is 0 Å². The van der Waals surface area contributed by atoms with Crippen molar-refractivity contribution in [2.75, 3.05) is 78.5 Å². The van der Waals surface area contributed by atoms with E-state index in [4.69, 9.17) is 18.9 Å². The van der Waals surface area contributed by atoms with E-state index in [0.29, 0.717) is 50.0 Å². The lowest BCUT2D eigenvalue weighted by atomic mass is 9.75. The summed E-state index contributed by atoms with van der Waals surface area (Å²) >= 11 is 0. The van der Waals surface area contributed by atoms with Gasteiger partial charge < -0.3 is 49.2 Å². The van der Waals surface area contributed by atoms with Crippen LogP contribution in [0, 0.1) is 0 Å². The quantitative estimate of drug-likeness (QED) is 0.108. The molecule has 0 aromatic heterocycles. The molecule has 6 heterocycles. The molecule has 14 heteroatoms. The predicted molar refractivity (Wildman–Crippen MR) is 386 cm³/mol. The Kier molecular flexibility index (Phi) is 23.4. The Balaban J connectivity index is 0.000000150. The zero-order chi connectivity index (χ0) is 67.8. The first-order valence-electron chi connectivity index (χ1n) is 36.0. The Labute approximate surface area is 575 Å². The van der Waals surface area contributed by atoms with Gasteiger partial charge in [-0.2, -0.15) is 0 Å². The smallest absolute Gasteiger partial charge is 0.410 e. The topological polar surface area (TPSA) is 142 Å². The van der Waals surface area contributed by atoms with Gasteiger partial charge in [0.05, 0.1) is 0 Å². The molecule has 6 aliphatic rings. The van der Waals surface area contributed by atoms with E-state index in [2.05, 4.69) is 95.6 Å². The van der Waals surface area contributed by atoms with Crippen LogP contribution in [0.25, 0.3) is 5.57 Å². The molecule has 13 rings (SSSR count). The molecule has 2 N–H and O–H groups in total. The largest absolute Gasteiger partial charge is 0.487 e. The number of amides is 4. The first-order valence-corrected chi connectivity index (χ1v) is 36.0. The number of carbonyl (C=O) groups is 4. The summed E-state index contributed by atoms with van der Waals surface area (Å²) in [5.41, 5.74) is 10.7. The van der Waals surface area contributed by atoms with Gasteiger partial charge in [0.1, 0.15) is 40.7 Å². The summed E-state index contributed by atoms with van der Waals surface area (Å²) in [5.74, 6) is 3.76. The van der Waals surface area contributed by atoms with Gasteiger partial charge in [0.15, 0.2) is 0 Å². The standard InChI is InChI=1S/C33H36N2O4.2C25H32N2O2/c1-3-34(4-2)31(36)27-17-15-26(16-18-27)29-23-33(39-30-14-9-8-13-28(29)30)19-10-21-35(22-20-33)32(37)38-24-25-11-6-5-7-12-25;2*1-3-27(4-2)24(28)20-12-10-19(11-13-20)22-18-25(14-7-16-26-17-15-25)29-23-9-6-5-8-21(22)23/h5-9,11-18,23H,3-4,10,19-22,24H2,1-2H3;2*5-6,8-13,22,26H,3-4,7,14-18H2,1-2H3. The first-order chi connectivity index (χ1) is 47.3. The van der Waals surface area contributed by atoms with E-state index in [0.717, 1.165) is 167 Å². The fraction of sp³-hybridized carbons (Fsp3) is 0.422. The van der Waals surface area contributed by atoms with Gasteiger partial charge in [0.2, 0.25) is 0 Å². The van der Waals surface area contributed by atoms with Gasteiger partial charge in [-0.3, -0.25) is 14.4 Å². The van der Waals surface area contributed by atoms with Gasteiger partial charge >= 0.3 is 6.09 Å². The molecule has 0 bridgehead atoms. The second-order valence-corrected chi connectivity index (χ2v) is 26.7. The summed E-state index contributed by atoms with van der Waals surface area (Å²) in [6.45, 7) is 22.0. The van der Waals surface area contributed by atoms with E-state index >= 15 is 0 Å². The van der Waals surface area contributed by atoms with Crippen LogP contribution in [0.4, 0.5) is 4.79 Å². The average Bonchev–Trinajstić information content (AvgIpc) is 1.55. The van der Waals surface area contributed by atoms with Crippen molar-refractivity contribution in [2.45, 2.75) is 147 Å². The molecule has 5 atom stereocenters. The van der Waals surface area contributed by atoms with Gasteiger partial charge in [0, 0.05) is 104 Å². The minimum atomic E-state index is -0.520. The van der Waals surface area contributed by atoms with Gasteiger partial charge in [0.25, 0.3) is 17.7 Å². The summed E-state index contributed by atoms with van der Waals surface area (Å²) in [6, 6.07) is 59.2. The van der Waals surface area contributed by atoms with Crippen LogP contribution in [-0.4, -0.2) is 139 Å². The van der Waals surface area contributed by atoms with Crippen LogP contribution in [-0.2, 0) is 11.3 Å². The number of ether oxygens (including phenoxy) is 4. The van der Waals surface area contributed by atoms with Crippen LogP contribution in [0.2, 0.25) is 0 Å². The molecule has 97 heavy (non-hydrogen) atoms. The third-order valence-corrected chi connectivity index (χ3v) is 20.8. The summed E-state index contributed by atoms with van der Waals surface area (Å²) in [7, 11) is 0. The lowest BCUT2D eigenvalue weighted by molar-refractivity contribution is 0.0278. The van der Waals surface area contributed by atoms with Crippen molar-refractivity contribution in [3.05, 3.63) is 238 Å². The highest BCUT2D eigenvalue weighted by molar-refractivity contribution is 5.96. The highest BCUT2D eigenvalue weighted by atomic mass is 16.6. The lowest BCUT2D eigenvalue weighted by Crippen LogP contribution is -2.42. The molecule has 3 saturated heterocycles. The number of nitrogens with one attached hydrogen (secondary N) is 2. The first kappa shape index (κ1) is 69.6. The van der Waals surface area contributed by atoms with E-state index in [-0.39, 0.29) is 41.6 Å². The van der Waals surface area contributed by atoms with Gasteiger partial charge in [-0.05, 0) is 220 Å². The van der Waals surface area contributed by atoms with Crippen molar-refractivity contribution < 1.29 is 38.1 Å². The van der Waals surface area contributed by atoms with Crippen LogP contribution in [0.1, 0.15) is 194 Å². The predicted octanol–water partition coefficient (Wildman–Crippen LogP) is 15.7. The van der Waals surface area contributed by atoms with Gasteiger partial charge in [-0.15, -0.1) is 0 Å². The Hall–Kier alpha value is -8.72. The number of carbonyl (C=O) groups excluding carboxylic acids is 4. The Bertz CT molecular complexity index is 3630. The van der Waals surface area contributed by atoms with Crippen molar-refractivity contribution in [1.82, 2.24) is 30.2 Å². The van der Waals surface area contributed by atoms with Crippen LogP contribution in [0.15, 0.2) is 182 Å². The summed E-state index contributed by atoms with van der Waals surface area (Å²) in [4.78, 5) is 58.4. The number of para-hydroxylation sites is 3. The van der Waals surface area contributed by atoms with E-state index in [1.165, 1.54) is 22.3 Å². The van der Waals surface area contributed by atoms with Crippen molar-refractivity contribution >= 4 is 29.4 Å². The molecule has 0 radical (unpaired) electrons. The molecule has 0 aliphatic carbocycles. The Morgan fingerprint density at radius 3 is 1.38 bits per heavy atom. The monoisotopic (exact) mass is 1310 g/mol. The van der Waals surface area contributed by atoms with E-state index in [1.54, 1.807) is 4.90 Å². The Morgan fingerprint density at radius 2 is 0.897 bits per heavy atom. The molecule has 3 fully saturated rings. The normalized spacial score (nSPS) is 21.6. The number of nitrogens with zero attached hydrogens (tertiary/aromatic N) is 4.